The summed E-state index contributed by atoms with van der Waals surface area (Å²) in [5, 5.41) is 2.35. The lowest BCUT2D eigenvalue weighted by molar-refractivity contribution is 0.194. The second kappa shape index (κ2) is 8.51. The average molecular weight is 302 g/mol. The molecule has 1 amide bonds. The first-order chi connectivity index (χ1) is 9.53. The van der Waals surface area contributed by atoms with E-state index in [4.69, 9.17) is 4.74 Å². The van der Waals surface area contributed by atoms with Gasteiger partial charge in [0.1, 0.15) is 0 Å². The van der Waals surface area contributed by atoms with Crippen molar-refractivity contribution in [2.75, 3.05) is 20.3 Å². The summed E-state index contributed by atoms with van der Waals surface area (Å²) in [5.41, 5.74) is 0.843. The Hall–Kier alpha value is -1.64. The maximum atomic E-state index is 11.4. The van der Waals surface area contributed by atoms with Crippen molar-refractivity contribution in [3.05, 3.63) is 35.9 Å². The van der Waals surface area contributed by atoms with Crippen LogP contribution < -0.4 is 10.0 Å². The molecule has 1 rings (SSSR count). The molecule has 0 spiro atoms. The topological polar surface area (TPSA) is 93.7 Å². The van der Waals surface area contributed by atoms with Crippen molar-refractivity contribution in [1.82, 2.24) is 10.0 Å². The van der Waals surface area contributed by atoms with Crippen LogP contribution >= 0.6 is 0 Å². The number of nitrogens with one attached hydrogen (secondary N) is 2. The third-order valence-corrected chi connectivity index (χ3v) is 3.20. The van der Waals surface area contributed by atoms with E-state index in [1.165, 1.54) is 7.11 Å². The van der Waals surface area contributed by atoms with Crippen LogP contribution in [0.15, 0.2) is 30.3 Å². The Balaban J connectivity index is 2.30. The van der Waals surface area contributed by atoms with Crippen LogP contribution in [0.3, 0.4) is 0 Å². The van der Waals surface area contributed by atoms with E-state index in [-0.39, 0.29) is 13.1 Å². The molecule has 7 nitrogen and oxygen atoms in total. The quantitative estimate of drug-likeness (QED) is 0.692. The maximum absolute atomic E-state index is 11.4. The molecule has 0 bridgehead atoms. The number of hydrogen-bond acceptors (Lipinski definition) is 5. The second-order valence-corrected chi connectivity index (χ2v) is 5.27. The number of amides is 1. The molecule has 0 saturated carbocycles. The highest BCUT2D eigenvalue weighted by Gasteiger charge is 2.15. The van der Waals surface area contributed by atoms with E-state index in [0.29, 0.717) is 13.0 Å². The highest BCUT2D eigenvalue weighted by atomic mass is 32.2. The molecular formula is C12H18N2O5S. The van der Waals surface area contributed by atoms with Gasteiger partial charge in [0.25, 0.3) is 0 Å². The second-order valence-electron chi connectivity index (χ2n) is 3.90. The van der Waals surface area contributed by atoms with Gasteiger partial charge in [0.15, 0.2) is 0 Å². The molecule has 0 aromatic heterocycles. The minimum atomic E-state index is -4.08. The van der Waals surface area contributed by atoms with Crippen LogP contribution in [0, 0.1) is 0 Å². The molecule has 0 heterocycles. The molecule has 0 atom stereocenters. The molecule has 0 fully saturated rings. The first-order valence-corrected chi connectivity index (χ1v) is 7.44. The first-order valence-electron chi connectivity index (χ1n) is 6.03. The van der Waals surface area contributed by atoms with Gasteiger partial charge in [-0.25, -0.2) is 4.79 Å². The van der Waals surface area contributed by atoms with Crippen molar-refractivity contribution >= 4 is 16.4 Å². The number of benzene rings is 1. The molecule has 1 aromatic carbocycles. The van der Waals surface area contributed by atoms with E-state index in [9.17, 15) is 13.2 Å². The third kappa shape index (κ3) is 7.07. The van der Waals surface area contributed by atoms with Gasteiger partial charge in [-0.1, -0.05) is 30.3 Å². The molecule has 2 N–H and O–H groups in total. The van der Waals surface area contributed by atoms with Gasteiger partial charge in [0.2, 0.25) is 0 Å². The molecule has 8 heteroatoms. The van der Waals surface area contributed by atoms with Crippen molar-refractivity contribution < 1.29 is 22.1 Å². The first kappa shape index (κ1) is 16.4. The fraction of sp³-hybridized carbons (Fsp3) is 0.417. The van der Waals surface area contributed by atoms with Crippen molar-refractivity contribution in [3.63, 3.8) is 0 Å². The smallest absolute Gasteiger partial charge is 0.385 e. The largest absolute Gasteiger partial charge is 0.423 e. The summed E-state index contributed by atoms with van der Waals surface area (Å²) < 4.78 is 34.0. The summed E-state index contributed by atoms with van der Waals surface area (Å²) in [6.45, 7) is 0.754. The number of hydrogen-bond donors (Lipinski definition) is 2. The summed E-state index contributed by atoms with van der Waals surface area (Å²) in [6.07, 6.45) is -0.529. The number of methoxy groups -OCH3 is 1. The molecule has 0 aliphatic rings. The Morgan fingerprint density at radius 2 is 1.95 bits per heavy atom. The Morgan fingerprint density at radius 3 is 2.60 bits per heavy atom. The zero-order chi connectivity index (χ0) is 14.8. The predicted octanol–water partition coefficient (Wildman–Crippen LogP) is 0.784. The van der Waals surface area contributed by atoms with Gasteiger partial charge in [0, 0.05) is 26.8 Å². The summed E-state index contributed by atoms with van der Waals surface area (Å²) >= 11 is 0. The fourth-order valence-corrected chi connectivity index (χ4v) is 2.05. The fourth-order valence-electron chi connectivity index (χ4n) is 1.34. The number of rotatable bonds is 8. The molecule has 1 aromatic rings. The average Bonchev–Trinajstić information content (AvgIpc) is 2.42. The van der Waals surface area contributed by atoms with E-state index in [2.05, 4.69) is 14.2 Å². The zero-order valence-electron chi connectivity index (χ0n) is 11.2. The van der Waals surface area contributed by atoms with Gasteiger partial charge < -0.3 is 14.2 Å². The van der Waals surface area contributed by atoms with Crippen LogP contribution in [-0.2, 0) is 25.8 Å². The van der Waals surface area contributed by atoms with Gasteiger partial charge >= 0.3 is 16.4 Å². The SMILES string of the molecule is COCCCNS(=O)(=O)OC(=O)NCc1ccccc1. The lowest BCUT2D eigenvalue weighted by atomic mass is 10.2. The summed E-state index contributed by atoms with van der Waals surface area (Å²) in [5.74, 6) is 0. The third-order valence-electron chi connectivity index (χ3n) is 2.27. The lowest BCUT2D eigenvalue weighted by Crippen LogP contribution is -2.34. The highest BCUT2D eigenvalue weighted by Crippen LogP contribution is 1.98. The molecule has 0 saturated heterocycles. The predicted molar refractivity (Wildman–Crippen MR) is 73.2 cm³/mol. The minimum absolute atomic E-state index is 0.141. The van der Waals surface area contributed by atoms with Crippen LogP contribution in [0.4, 0.5) is 4.79 Å². The van der Waals surface area contributed by atoms with Gasteiger partial charge in [0.05, 0.1) is 0 Å². The van der Waals surface area contributed by atoms with Gasteiger partial charge in [-0.05, 0) is 12.0 Å². The van der Waals surface area contributed by atoms with E-state index in [1.54, 1.807) is 12.1 Å². The van der Waals surface area contributed by atoms with E-state index < -0.39 is 16.4 Å². The summed E-state index contributed by atoms with van der Waals surface area (Å²) in [7, 11) is -2.57. The number of carbonyl (C=O) groups excluding carboxylic acids is 1. The monoisotopic (exact) mass is 302 g/mol. The molecule has 20 heavy (non-hydrogen) atoms. The molecular weight excluding hydrogens is 284 g/mol. The Labute approximate surface area is 118 Å². The van der Waals surface area contributed by atoms with Crippen LogP contribution in [0.5, 0.6) is 0 Å². The van der Waals surface area contributed by atoms with Gasteiger partial charge in [-0.2, -0.15) is 13.1 Å². The summed E-state index contributed by atoms with van der Waals surface area (Å²) in [6, 6.07) is 9.08. The van der Waals surface area contributed by atoms with Crippen LogP contribution in [0.25, 0.3) is 0 Å². The Morgan fingerprint density at radius 1 is 1.25 bits per heavy atom. The molecule has 0 aliphatic carbocycles. The van der Waals surface area contributed by atoms with Gasteiger partial charge in [-0.3, -0.25) is 0 Å². The molecule has 0 radical (unpaired) electrons. The van der Waals surface area contributed by atoms with E-state index in [0.717, 1.165) is 5.56 Å². The number of carbonyl (C=O) groups is 1. The zero-order valence-corrected chi connectivity index (χ0v) is 12.0. The van der Waals surface area contributed by atoms with E-state index >= 15 is 0 Å². The number of ether oxygens (including phenoxy) is 1. The lowest BCUT2D eigenvalue weighted by Gasteiger charge is -2.08. The van der Waals surface area contributed by atoms with Crippen LogP contribution in [0.1, 0.15) is 12.0 Å². The van der Waals surface area contributed by atoms with Crippen molar-refractivity contribution in [1.29, 1.82) is 0 Å². The van der Waals surface area contributed by atoms with Crippen LogP contribution in [-0.4, -0.2) is 34.8 Å². The Kier molecular flexibility index (Phi) is 6.99. The van der Waals surface area contributed by atoms with Gasteiger partial charge in [-0.15, -0.1) is 0 Å². The molecule has 0 unspecified atom stereocenters. The standard InChI is InChI=1S/C12H18N2O5S/c1-18-9-5-8-14-20(16,17)19-12(15)13-10-11-6-3-2-4-7-11/h2-4,6-7,14H,5,8-10H2,1H3,(H,13,15). The molecule has 112 valence electrons. The van der Waals surface area contributed by atoms with Crippen LogP contribution in [0.2, 0.25) is 0 Å². The van der Waals surface area contributed by atoms with Crippen molar-refractivity contribution in [2.24, 2.45) is 0 Å². The maximum Gasteiger partial charge on any atom is 0.423 e. The minimum Gasteiger partial charge on any atom is -0.385 e. The highest BCUT2D eigenvalue weighted by molar-refractivity contribution is 7.85. The summed E-state index contributed by atoms with van der Waals surface area (Å²) in [4.78, 5) is 11.3. The van der Waals surface area contributed by atoms with Crippen molar-refractivity contribution in [3.8, 4) is 0 Å². The normalized spacial score (nSPS) is 11.1. The Bertz CT molecular complexity index is 504. The molecule has 0 aliphatic heterocycles. The van der Waals surface area contributed by atoms with E-state index in [1.807, 2.05) is 18.2 Å². The van der Waals surface area contributed by atoms with Crippen molar-refractivity contribution in [2.45, 2.75) is 13.0 Å².